The van der Waals surface area contributed by atoms with Crippen molar-refractivity contribution < 1.29 is 9.84 Å². The van der Waals surface area contributed by atoms with Crippen molar-refractivity contribution in [3.05, 3.63) is 0 Å². The lowest BCUT2D eigenvalue weighted by molar-refractivity contribution is 0.111. The predicted octanol–water partition coefficient (Wildman–Crippen LogP) is 1.90. The van der Waals surface area contributed by atoms with E-state index in [0.717, 1.165) is 39.0 Å². The fourth-order valence-corrected chi connectivity index (χ4v) is 1.28. The van der Waals surface area contributed by atoms with Crippen LogP contribution in [0.3, 0.4) is 0 Å². The third-order valence-corrected chi connectivity index (χ3v) is 2.13. The minimum Gasteiger partial charge on any atom is -0.382 e. The van der Waals surface area contributed by atoms with E-state index in [4.69, 9.17) is 4.74 Å². The Bertz CT molecular complexity index is 109. The van der Waals surface area contributed by atoms with E-state index in [2.05, 4.69) is 12.2 Å². The van der Waals surface area contributed by atoms with E-state index < -0.39 is 0 Å². The second-order valence-electron chi connectivity index (χ2n) is 3.52. The third-order valence-electron chi connectivity index (χ3n) is 2.13. The van der Waals surface area contributed by atoms with Crippen LogP contribution in [-0.2, 0) is 4.74 Å². The molecule has 86 valence electrons. The molecule has 0 saturated carbocycles. The Hall–Kier alpha value is -0.120. The zero-order valence-electron chi connectivity index (χ0n) is 9.59. The standard InChI is InChI=1S/C11H25NO2/c1-3-5-6-8-11(13)12-9-7-10-14-4-2/h11-13H,3-10H2,1-2H3. The largest absolute Gasteiger partial charge is 0.382 e. The monoisotopic (exact) mass is 203 g/mol. The second kappa shape index (κ2) is 11.0. The summed E-state index contributed by atoms with van der Waals surface area (Å²) in [7, 11) is 0. The van der Waals surface area contributed by atoms with Gasteiger partial charge in [0.2, 0.25) is 0 Å². The van der Waals surface area contributed by atoms with Gasteiger partial charge in [0.1, 0.15) is 6.23 Å². The molecule has 0 aliphatic rings. The molecule has 0 fully saturated rings. The van der Waals surface area contributed by atoms with Gasteiger partial charge in [0, 0.05) is 13.2 Å². The van der Waals surface area contributed by atoms with Crippen molar-refractivity contribution in [2.24, 2.45) is 0 Å². The zero-order chi connectivity index (χ0) is 10.6. The molecule has 1 atom stereocenters. The molecular weight excluding hydrogens is 178 g/mol. The third kappa shape index (κ3) is 9.96. The number of hydrogen-bond donors (Lipinski definition) is 2. The summed E-state index contributed by atoms with van der Waals surface area (Å²) in [5, 5.41) is 12.6. The molecule has 3 heteroatoms. The van der Waals surface area contributed by atoms with Gasteiger partial charge in [-0.3, -0.25) is 5.32 Å². The van der Waals surface area contributed by atoms with Gasteiger partial charge < -0.3 is 9.84 Å². The lowest BCUT2D eigenvalue weighted by Crippen LogP contribution is -2.30. The quantitative estimate of drug-likeness (QED) is 0.421. The summed E-state index contributed by atoms with van der Waals surface area (Å²) in [6.45, 7) is 6.56. The van der Waals surface area contributed by atoms with Crippen LogP contribution in [0, 0.1) is 0 Å². The summed E-state index contributed by atoms with van der Waals surface area (Å²) in [5.74, 6) is 0. The molecule has 0 spiro atoms. The maximum atomic E-state index is 9.48. The molecule has 3 nitrogen and oxygen atoms in total. The van der Waals surface area contributed by atoms with Gasteiger partial charge in [0.05, 0.1) is 0 Å². The molecule has 0 rings (SSSR count). The van der Waals surface area contributed by atoms with E-state index in [-0.39, 0.29) is 6.23 Å². The summed E-state index contributed by atoms with van der Waals surface area (Å²) in [6, 6.07) is 0. The molecule has 2 N–H and O–H groups in total. The average molecular weight is 203 g/mol. The Labute approximate surface area is 87.8 Å². The first-order valence-corrected chi connectivity index (χ1v) is 5.80. The van der Waals surface area contributed by atoms with Gasteiger partial charge in [0.25, 0.3) is 0 Å². The first-order chi connectivity index (χ1) is 6.81. The van der Waals surface area contributed by atoms with Crippen molar-refractivity contribution in [2.45, 2.75) is 52.2 Å². The highest BCUT2D eigenvalue weighted by Gasteiger charge is 2.00. The summed E-state index contributed by atoms with van der Waals surface area (Å²) in [5.41, 5.74) is 0. The molecule has 0 heterocycles. The highest BCUT2D eigenvalue weighted by Crippen LogP contribution is 2.01. The van der Waals surface area contributed by atoms with Gasteiger partial charge in [-0.1, -0.05) is 19.8 Å². The van der Waals surface area contributed by atoms with Crippen molar-refractivity contribution in [1.82, 2.24) is 5.32 Å². The molecular formula is C11H25NO2. The molecule has 0 aromatic carbocycles. The molecule has 1 unspecified atom stereocenters. The van der Waals surface area contributed by atoms with Crippen LogP contribution in [0.15, 0.2) is 0 Å². The maximum Gasteiger partial charge on any atom is 0.104 e. The Morgan fingerprint density at radius 1 is 1.21 bits per heavy atom. The number of rotatable bonds is 10. The summed E-state index contributed by atoms with van der Waals surface area (Å²) >= 11 is 0. The van der Waals surface area contributed by atoms with E-state index in [1.165, 1.54) is 12.8 Å². The maximum absolute atomic E-state index is 9.48. The van der Waals surface area contributed by atoms with Crippen LogP contribution in [0.4, 0.5) is 0 Å². The molecule has 0 aromatic heterocycles. The topological polar surface area (TPSA) is 41.5 Å². The van der Waals surface area contributed by atoms with Crippen LogP contribution in [0.2, 0.25) is 0 Å². The summed E-state index contributed by atoms with van der Waals surface area (Å²) < 4.78 is 5.19. The Balaban J connectivity index is 3.06. The molecule has 0 amide bonds. The number of hydrogen-bond acceptors (Lipinski definition) is 3. The number of aliphatic hydroxyl groups is 1. The Morgan fingerprint density at radius 3 is 2.64 bits per heavy atom. The van der Waals surface area contributed by atoms with Crippen molar-refractivity contribution in [3.63, 3.8) is 0 Å². The van der Waals surface area contributed by atoms with Gasteiger partial charge in [-0.25, -0.2) is 0 Å². The second-order valence-corrected chi connectivity index (χ2v) is 3.52. The van der Waals surface area contributed by atoms with Crippen molar-refractivity contribution in [3.8, 4) is 0 Å². The van der Waals surface area contributed by atoms with Crippen LogP contribution < -0.4 is 5.32 Å². The van der Waals surface area contributed by atoms with Crippen LogP contribution in [0.25, 0.3) is 0 Å². The van der Waals surface area contributed by atoms with Crippen LogP contribution in [0.5, 0.6) is 0 Å². The summed E-state index contributed by atoms with van der Waals surface area (Å²) in [4.78, 5) is 0. The summed E-state index contributed by atoms with van der Waals surface area (Å²) in [6.07, 6.45) is 5.02. The fourth-order valence-electron chi connectivity index (χ4n) is 1.28. The highest BCUT2D eigenvalue weighted by molar-refractivity contribution is 4.54. The lowest BCUT2D eigenvalue weighted by atomic mass is 10.2. The fraction of sp³-hybridized carbons (Fsp3) is 1.00. The lowest BCUT2D eigenvalue weighted by Gasteiger charge is -2.12. The average Bonchev–Trinajstić information content (AvgIpc) is 2.18. The van der Waals surface area contributed by atoms with Gasteiger partial charge >= 0.3 is 0 Å². The molecule has 0 aromatic rings. The minimum atomic E-state index is -0.330. The Kier molecular flexibility index (Phi) is 10.9. The highest BCUT2D eigenvalue weighted by atomic mass is 16.5. The van der Waals surface area contributed by atoms with Gasteiger partial charge in [-0.15, -0.1) is 0 Å². The van der Waals surface area contributed by atoms with Gasteiger partial charge in [0.15, 0.2) is 0 Å². The normalized spacial score (nSPS) is 13.1. The SMILES string of the molecule is CCCCCC(O)NCCCOCC. The van der Waals surface area contributed by atoms with Crippen LogP contribution >= 0.6 is 0 Å². The molecule has 14 heavy (non-hydrogen) atoms. The molecule has 0 saturated heterocycles. The molecule has 0 aliphatic heterocycles. The van der Waals surface area contributed by atoms with Crippen molar-refractivity contribution in [2.75, 3.05) is 19.8 Å². The number of unbranched alkanes of at least 4 members (excludes halogenated alkanes) is 2. The van der Waals surface area contributed by atoms with Gasteiger partial charge in [-0.2, -0.15) is 0 Å². The first kappa shape index (κ1) is 13.9. The predicted molar refractivity (Wildman–Crippen MR) is 59.3 cm³/mol. The minimum absolute atomic E-state index is 0.330. The van der Waals surface area contributed by atoms with E-state index in [0.29, 0.717) is 0 Å². The number of nitrogens with one attached hydrogen (secondary N) is 1. The van der Waals surface area contributed by atoms with Crippen molar-refractivity contribution >= 4 is 0 Å². The Morgan fingerprint density at radius 2 is 2.00 bits per heavy atom. The first-order valence-electron chi connectivity index (χ1n) is 5.80. The van der Waals surface area contributed by atoms with Crippen LogP contribution in [-0.4, -0.2) is 31.1 Å². The number of aliphatic hydroxyl groups excluding tert-OH is 1. The zero-order valence-corrected chi connectivity index (χ0v) is 9.59. The number of ether oxygens (including phenoxy) is 1. The molecule has 0 aliphatic carbocycles. The van der Waals surface area contributed by atoms with E-state index in [1.807, 2.05) is 6.92 Å². The van der Waals surface area contributed by atoms with E-state index >= 15 is 0 Å². The van der Waals surface area contributed by atoms with E-state index in [9.17, 15) is 5.11 Å². The van der Waals surface area contributed by atoms with Crippen LogP contribution in [0.1, 0.15) is 46.0 Å². The van der Waals surface area contributed by atoms with Crippen molar-refractivity contribution in [1.29, 1.82) is 0 Å². The van der Waals surface area contributed by atoms with E-state index in [1.54, 1.807) is 0 Å². The molecule has 0 bridgehead atoms. The smallest absolute Gasteiger partial charge is 0.104 e. The van der Waals surface area contributed by atoms with Gasteiger partial charge in [-0.05, 0) is 32.7 Å². The molecule has 0 radical (unpaired) electrons.